The number of hydrogen-bond donors (Lipinski definition) is 1. The molecular formula is C19H30IN5O. The number of hydrogen-bond acceptors (Lipinski definition) is 3. The van der Waals surface area contributed by atoms with Crippen molar-refractivity contribution in [2.45, 2.75) is 32.6 Å². The van der Waals surface area contributed by atoms with E-state index >= 15 is 0 Å². The summed E-state index contributed by atoms with van der Waals surface area (Å²) in [5, 5.41) is 7.84. The van der Waals surface area contributed by atoms with Crippen molar-refractivity contribution in [3.63, 3.8) is 0 Å². The monoisotopic (exact) mass is 471 g/mol. The smallest absolute Gasteiger partial charge is 0.193 e. The van der Waals surface area contributed by atoms with E-state index in [1.165, 1.54) is 5.56 Å². The number of furan rings is 1. The third kappa shape index (κ3) is 5.75. The summed E-state index contributed by atoms with van der Waals surface area (Å²) in [7, 11) is 1.97. The van der Waals surface area contributed by atoms with E-state index in [4.69, 9.17) is 9.41 Å². The van der Waals surface area contributed by atoms with E-state index in [0.29, 0.717) is 11.8 Å². The number of nitrogens with zero attached hydrogens (tertiary/aromatic N) is 4. The molecule has 0 radical (unpaired) electrons. The fourth-order valence-electron chi connectivity index (χ4n) is 3.16. The molecular weight excluding hydrogens is 441 g/mol. The Kier molecular flexibility index (Phi) is 7.99. The molecule has 1 unspecified atom stereocenters. The van der Waals surface area contributed by atoms with Crippen LogP contribution in [0.5, 0.6) is 0 Å². The van der Waals surface area contributed by atoms with Crippen molar-refractivity contribution in [1.82, 2.24) is 20.0 Å². The molecule has 26 heavy (non-hydrogen) atoms. The molecule has 144 valence electrons. The fraction of sp³-hybridized carbons (Fsp3) is 0.579. The molecule has 0 aromatic carbocycles. The first kappa shape index (κ1) is 20.8. The third-order valence-electron chi connectivity index (χ3n) is 4.52. The second-order valence-electron chi connectivity index (χ2n) is 7.19. The van der Waals surface area contributed by atoms with E-state index < -0.39 is 0 Å². The topological polar surface area (TPSA) is 58.6 Å². The number of aryl methyl sites for hydroxylation is 1. The molecule has 1 aliphatic heterocycles. The van der Waals surface area contributed by atoms with Gasteiger partial charge in [0.2, 0.25) is 0 Å². The van der Waals surface area contributed by atoms with Gasteiger partial charge in [-0.05, 0) is 30.0 Å². The fourth-order valence-corrected chi connectivity index (χ4v) is 3.16. The van der Waals surface area contributed by atoms with Gasteiger partial charge in [0.05, 0.1) is 12.5 Å². The van der Waals surface area contributed by atoms with Crippen molar-refractivity contribution in [2.24, 2.45) is 18.0 Å². The van der Waals surface area contributed by atoms with Crippen LogP contribution in [0.2, 0.25) is 0 Å². The molecule has 6 nitrogen and oxygen atoms in total. The second-order valence-corrected chi connectivity index (χ2v) is 7.19. The maximum Gasteiger partial charge on any atom is 0.193 e. The van der Waals surface area contributed by atoms with Crippen LogP contribution in [0, 0.1) is 5.92 Å². The SMILES string of the molecule is CC(C)CN=C(NCCc1ccco1)N1CCC(c2cnn(C)c2)C1.I. The van der Waals surface area contributed by atoms with Crippen molar-refractivity contribution in [2.75, 3.05) is 26.2 Å². The van der Waals surface area contributed by atoms with Gasteiger partial charge in [-0.1, -0.05) is 13.8 Å². The van der Waals surface area contributed by atoms with E-state index in [9.17, 15) is 0 Å². The minimum absolute atomic E-state index is 0. The number of halogens is 1. The predicted molar refractivity (Wildman–Crippen MR) is 115 cm³/mol. The van der Waals surface area contributed by atoms with E-state index in [1.54, 1.807) is 6.26 Å². The highest BCUT2D eigenvalue weighted by atomic mass is 127. The van der Waals surface area contributed by atoms with Crippen LogP contribution in [0.1, 0.15) is 37.5 Å². The molecule has 1 fully saturated rings. The summed E-state index contributed by atoms with van der Waals surface area (Å²) in [6, 6.07) is 3.95. The van der Waals surface area contributed by atoms with Gasteiger partial charge in [0.25, 0.3) is 0 Å². The molecule has 0 aliphatic carbocycles. The lowest BCUT2D eigenvalue weighted by Gasteiger charge is -2.22. The van der Waals surface area contributed by atoms with Gasteiger partial charge in [0.1, 0.15) is 5.76 Å². The average Bonchev–Trinajstić information content (AvgIpc) is 3.31. The van der Waals surface area contributed by atoms with E-state index in [2.05, 4.69) is 35.4 Å². The van der Waals surface area contributed by atoms with Crippen molar-refractivity contribution in [3.05, 3.63) is 42.1 Å². The zero-order chi connectivity index (χ0) is 17.6. The summed E-state index contributed by atoms with van der Waals surface area (Å²) in [4.78, 5) is 7.21. The molecule has 1 aliphatic rings. The zero-order valence-electron chi connectivity index (χ0n) is 15.9. The first-order chi connectivity index (χ1) is 12.1. The second kappa shape index (κ2) is 9.99. The summed E-state index contributed by atoms with van der Waals surface area (Å²) in [5.74, 6) is 3.11. The molecule has 3 rings (SSSR count). The number of rotatable bonds is 6. The molecule has 0 amide bonds. The molecule has 7 heteroatoms. The first-order valence-electron chi connectivity index (χ1n) is 9.16. The lowest BCUT2D eigenvalue weighted by atomic mass is 10.0. The minimum atomic E-state index is 0. The summed E-state index contributed by atoms with van der Waals surface area (Å²) in [5.41, 5.74) is 1.32. The van der Waals surface area contributed by atoms with Gasteiger partial charge in [-0.3, -0.25) is 9.67 Å². The van der Waals surface area contributed by atoms with E-state index in [0.717, 1.165) is 50.7 Å². The van der Waals surface area contributed by atoms with Crippen LogP contribution in [-0.2, 0) is 13.5 Å². The van der Waals surface area contributed by atoms with Gasteiger partial charge in [0.15, 0.2) is 5.96 Å². The molecule has 0 saturated carbocycles. The van der Waals surface area contributed by atoms with Crippen LogP contribution in [0.3, 0.4) is 0 Å². The Bertz CT molecular complexity index is 680. The van der Waals surface area contributed by atoms with Crippen LogP contribution in [0.15, 0.2) is 40.2 Å². The standard InChI is InChI=1S/C19H29N5O.HI/c1-15(2)11-21-19(20-8-6-18-5-4-10-25-18)24-9-7-16(14-24)17-12-22-23(3)13-17;/h4-5,10,12-13,15-16H,6-9,11,14H2,1-3H3,(H,20,21);1H. The number of guanidine groups is 1. The van der Waals surface area contributed by atoms with Crippen LogP contribution in [0.25, 0.3) is 0 Å². The maximum atomic E-state index is 5.41. The molecule has 0 spiro atoms. The number of likely N-dealkylation sites (tertiary alicyclic amines) is 1. The Morgan fingerprint density at radius 2 is 2.31 bits per heavy atom. The lowest BCUT2D eigenvalue weighted by molar-refractivity contribution is 0.472. The van der Waals surface area contributed by atoms with Crippen molar-refractivity contribution < 1.29 is 4.42 Å². The molecule has 1 N–H and O–H groups in total. The first-order valence-corrected chi connectivity index (χ1v) is 9.16. The highest BCUT2D eigenvalue weighted by Gasteiger charge is 2.27. The van der Waals surface area contributed by atoms with Gasteiger partial charge in [0, 0.05) is 51.8 Å². The van der Waals surface area contributed by atoms with Gasteiger partial charge in [-0.2, -0.15) is 5.10 Å². The zero-order valence-corrected chi connectivity index (χ0v) is 18.2. The van der Waals surface area contributed by atoms with Gasteiger partial charge < -0.3 is 14.6 Å². The number of aromatic nitrogens is 2. The quantitative estimate of drug-likeness (QED) is 0.399. The third-order valence-corrected chi connectivity index (χ3v) is 4.52. The Morgan fingerprint density at radius 1 is 1.46 bits per heavy atom. The van der Waals surface area contributed by atoms with Gasteiger partial charge >= 0.3 is 0 Å². The Morgan fingerprint density at radius 3 is 2.96 bits per heavy atom. The molecule has 1 saturated heterocycles. The molecule has 2 aromatic heterocycles. The Labute approximate surface area is 173 Å². The Hall–Kier alpha value is -1.51. The van der Waals surface area contributed by atoms with Crippen LogP contribution >= 0.6 is 24.0 Å². The minimum Gasteiger partial charge on any atom is -0.469 e. The normalized spacial score (nSPS) is 17.6. The maximum absolute atomic E-state index is 5.41. The summed E-state index contributed by atoms with van der Waals surface area (Å²) < 4.78 is 7.30. The molecule has 2 aromatic rings. The van der Waals surface area contributed by atoms with Gasteiger partial charge in [-0.15, -0.1) is 24.0 Å². The van der Waals surface area contributed by atoms with Crippen LogP contribution < -0.4 is 5.32 Å². The predicted octanol–water partition coefficient (Wildman–Crippen LogP) is 3.26. The van der Waals surface area contributed by atoms with Gasteiger partial charge in [-0.25, -0.2) is 0 Å². The van der Waals surface area contributed by atoms with Crippen molar-refractivity contribution >= 4 is 29.9 Å². The highest BCUT2D eigenvalue weighted by molar-refractivity contribution is 14.0. The van der Waals surface area contributed by atoms with Crippen LogP contribution in [-0.4, -0.2) is 46.8 Å². The summed E-state index contributed by atoms with van der Waals surface area (Å²) in [6.07, 6.45) is 7.86. The largest absolute Gasteiger partial charge is 0.469 e. The molecule has 3 heterocycles. The molecule has 0 bridgehead atoms. The van der Waals surface area contributed by atoms with Crippen molar-refractivity contribution in [3.8, 4) is 0 Å². The lowest BCUT2D eigenvalue weighted by Crippen LogP contribution is -2.41. The molecule has 1 atom stereocenters. The van der Waals surface area contributed by atoms with Crippen LogP contribution in [0.4, 0.5) is 0 Å². The number of aliphatic imine (C=N–C) groups is 1. The van der Waals surface area contributed by atoms with E-state index in [1.807, 2.05) is 30.1 Å². The number of nitrogens with one attached hydrogen (secondary N) is 1. The van der Waals surface area contributed by atoms with Crippen molar-refractivity contribution in [1.29, 1.82) is 0 Å². The average molecular weight is 471 g/mol. The summed E-state index contributed by atoms with van der Waals surface area (Å²) >= 11 is 0. The summed E-state index contributed by atoms with van der Waals surface area (Å²) in [6.45, 7) is 8.11. The Balaban J connectivity index is 0.00000243. The van der Waals surface area contributed by atoms with E-state index in [-0.39, 0.29) is 24.0 Å². The highest BCUT2D eigenvalue weighted by Crippen LogP contribution is 2.26.